The minimum absolute atomic E-state index is 0.0146. The average Bonchev–Trinajstić information content (AvgIpc) is 2.56. The summed E-state index contributed by atoms with van der Waals surface area (Å²) in [4.78, 5) is 23.0. The van der Waals surface area contributed by atoms with E-state index in [2.05, 4.69) is 20.2 Å². The fraction of sp³-hybridized carbons (Fsp3) is 0.353. The van der Waals surface area contributed by atoms with Gasteiger partial charge in [0.1, 0.15) is 5.75 Å². The zero-order valence-corrected chi connectivity index (χ0v) is 13.1. The molecule has 1 aliphatic heterocycles. The number of carbonyl (C=O) groups excluding carboxylic acids is 1. The Hall–Kier alpha value is -2.63. The maximum atomic E-state index is 12.4. The molecule has 6 heteroatoms. The molecule has 0 saturated carbocycles. The Balaban J connectivity index is 1.66. The number of aryl methyl sites for hydroxylation is 1. The molecular formula is C17H20N4O2. The molecular weight excluding hydrogens is 292 g/mol. The highest BCUT2D eigenvalue weighted by Crippen LogP contribution is 2.20. The fourth-order valence-corrected chi connectivity index (χ4v) is 2.83. The zero-order chi connectivity index (χ0) is 16.2. The van der Waals surface area contributed by atoms with Crippen LogP contribution in [0.5, 0.6) is 5.75 Å². The van der Waals surface area contributed by atoms with Crippen molar-refractivity contribution in [3.05, 3.63) is 47.8 Å². The molecule has 1 fully saturated rings. The standard InChI is InChI=1S/C17H20N4O2/c1-12-5-6-14(15(22)10-12)16(23)20-13-4-2-9-21(11-13)17-18-7-3-8-19-17/h3,5-8,10,13,22H,2,4,9,11H2,1H3,(H,20,23)/t13-/m0/s1. The van der Waals surface area contributed by atoms with E-state index in [0.29, 0.717) is 18.1 Å². The topological polar surface area (TPSA) is 78.4 Å². The highest BCUT2D eigenvalue weighted by molar-refractivity contribution is 5.97. The molecule has 120 valence electrons. The third kappa shape index (κ3) is 3.59. The van der Waals surface area contributed by atoms with Crippen LogP contribution >= 0.6 is 0 Å². The largest absolute Gasteiger partial charge is 0.507 e. The van der Waals surface area contributed by atoms with Gasteiger partial charge >= 0.3 is 0 Å². The molecule has 1 aromatic heterocycles. The Kier molecular flexibility index (Phi) is 4.41. The summed E-state index contributed by atoms with van der Waals surface area (Å²) in [6.45, 7) is 3.43. The molecule has 0 radical (unpaired) electrons. The lowest BCUT2D eigenvalue weighted by molar-refractivity contribution is 0.0930. The van der Waals surface area contributed by atoms with E-state index in [1.165, 1.54) is 0 Å². The predicted octanol–water partition coefficient (Wildman–Crippen LogP) is 1.89. The number of anilines is 1. The van der Waals surface area contributed by atoms with Crippen LogP contribution in [0.4, 0.5) is 5.95 Å². The predicted molar refractivity (Wildman–Crippen MR) is 87.6 cm³/mol. The number of aromatic hydroxyl groups is 1. The number of piperidine rings is 1. The van der Waals surface area contributed by atoms with Crippen molar-refractivity contribution in [3.8, 4) is 5.75 Å². The lowest BCUT2D eigenvalue weighted by atomic mass is 10.0. The number of carbonyl (C=O) groups is 1. The summed E-state index contributed by atoms with van der Waals surface area (Å²) in [6.07, 6.45) is 5.30. The molecule has 23 heavy (non-hydrogen) atoms. The summed E-state index contributed by atoms with van der Waals surface area (Å²) < 4.78 is 0. The minimum Gasteiger partial charge on any atom is -0.507 e. The first-order valence-electron chi connectivity index (χ1n) is 7.76. The normalized spacial score (nSPS) is 17.8. The van der Waals surface area contributed by atoms with Gasteiger partial charge in [0.15, 0.2) is 0 Å². The van der Waals surface area contributed by atoms with Crippen LogP contribution in [-0.4, -0.2) is 40.1 Å². The number of nitrogens with one attached hydrogen (secondary N) is 1. The molecule has 1 aromatic carbocycles. The first-order chi connectivity index (χ1) is 11.1. The van der Waals surface area contributed by atoms with E-state index in [4.69, 9.17) is 0 Å². The van der Waals surface area contributed by atoms with Crippen molar-refractivity contribution >= 4 is 11.9 Å². The van der Waals surface area contributed by atoms with Gasteiger partial charge in [-0.25, -0.2) is 9.97 Å². The second kappa shape index (κ2) is 6.64. The van der Waals surface area contributed by atoms with Crippen LogP contribution in [0.15, 0.2) is 36.7 Å². The van der Waals surface area contributed by atoms with Gasteiger partial charge < -0.3 is 15.3 Å². The quantitative estimate of drug-likeness (QED) is 0.905. The van der Waals surface area contributed by atoms with E-state index in [-0.39, 0.29) is 17.7 Å². The van der Waals surface area contributed by atoms with Crippen LogP contribution in [0.3, 0.4) is 0 Å². The number of phenolic OH excluding ortho intramolecular Hbond substituents is 1. The molecule has 0 unspecified atom stereocenters. The lowest BCUT2D eigenvalue weighted by Gasteiger charge is -2.33. The number of benzene rings is 1. The molecule has 6 nitrogen and oxygen atoms in total. The Morgan fingerprint density at radius 1 is 1.35 bits per heavy atom. The molecule has 1 atom stereocenters. The van der Waals surface area contributed by atoms with E-state index in [0.717, 1.165) is 24.9 Å². The third-order valence-electron chi connectivity index (χ3n) is 3.99. The first-order valence-corrected chi connectivity index (χ1v) is 7.76. The first kappa shape index (κ1) is 15.3. The smallest absolute Gasteiger partial charge is 0.255 e. The highest BCUT2D eigenvalue weighted by Gasteiger charge is 2.24. The van der Waals surface area contributed by atoms with Gasteiger partial charge in [0.2, 0.25) is 5.95 Å². The van der Waals surface area contributed by atoms with Crippen LogP contribution in [0.25, 0.3) is 0 Å². The van der Waals surface area contributed by atoms with Gasteiger partial charge in [-0.15, -0.1) is 0 Å². The van der Waals surface area contributed by atoms with Gasteiger partial charge in [0.05, 0.1) is 5.56 Å². The van der Waals surface area contributed by atoms with E-state index in [1.807, 2.05) is 13.0 Å². The molecule has 0 bridgehead atoms. The van der Waals surface area contributed by atoms with Gasteiger partial charge in [-0.05, 0) is 43.5 Å². The minimum atomic E-state index is -0.247. The second-order valence-corrected chi connectivity index (χ2v) is 5.83. The van der Waals surface area contributed by atoms with Crippen LogP contribution < -0.4 is 10.2 Å². The molecule has 0 spiro atoms. The molecule has 1 saturated heterocycles. The molecule has 0 aliphatic carbocycles. The van der Waals surface area contributed by atoms with E-state index < -0.39 is 0 Å². The fourth-order valence-electron chi connectivity index (χ4n) is 2.83. The number of aromatic nitrogens is 2. The van der Waals surface area contributed by atoms with Crippen LogP contribution in [0.1, 0.15) is 28.8 Å². The van der Waals surface area contributed by atoms with Crippen molar-refractivity contribution in [1.29, 1.82) is 0 Å². The maximum Gasteiger partial charge on any atom is 0.255 e. The summed E-state index contributed by atoms with van der Waals surface area (Å²) >= 11 is 0. The van der Waals surface area contributed by atoms with Crippen LogP contribution in [0.2, 0.25) is 0 Å². The van der Waals surface area contributed by atoms with Gasteiger partial charge in [-0.1, -0.05) is 6.07 Å². The molecule has 1 amide bonds. The van der Waals surface area contributed by atoms with Crippen molar-refractivity contribution in [2.75, 3.05) is 18.0 Å². The van der Waals surface area contributed by atoms with Gasteiger partial charge in [0, 0.05) is 31.5 Å². The molecule has 2 N–H and O–H groups in total. The molecule has 2 heterocycles. The number of nitrogens with zero attached hydrogens (tertiary/aromatic N) is 3. The van der Waals surface area contributed by atoms with Crippen LogP contribution in [0, 0.1) is 6.92 Å². The summed E-state index contributed by atoms with van der Waals surface area (Å²) in [5, 5.41) is 12.9. The maximum absolute atomic E-state index is 12.4. The van der Waals surface area contributed by atoms with Gasteiger partial charge in [0.25, 0.3) is 5.91 Å². The average molecular weight is 312 g/mol. The van der Waals surface area contributed by atoms with E-state index >= 15 is 0 Å². The van der Waals surface area contributed by atoms with E-state index in [9.17, 15) is 9.90 Å². The Labute approximate surface area is 135 Å². The van der Waals surface area contributed by atoms with Gasteiger partial charge in [-0.3, -0.25) is 4.79 Å². The third-order valence-corrected chi connectivity index (χ3v) is 3.99. The van der Waals surface area contributed by atoms with E-state index in [1.54, 1.807) is 30.6 Å². The van der Waals surface area contributed by atoms with Crippen LogP contribution in [-0.2, 0) is 0 Å². The number of rotatable bonds is 3. The van der Waals surface area contributed by atoms with Crippen molar-refractivity contribution < 1.29 is 9.90 Å². The summed E-state index contributed by atoms with van der Waals surface area (Å²) in [7, 11) is 0. The van der Waals surface area contributed by atoms with Crippen molar-refractivity contribution in [3.63, 3.8) is 0 Å². The Morgan fingerprint density at radius 2 is 2.13 bits per heavy atom. The second-order valence-electron chi connectivity index (χ2n) is 5.83. The highest BCUT2D eigenvalue weighted by atomic mass is 16.3. The number of hydrogen-bond acceptors (Lipinski definition) is 5. The summed E-state index contributed by atoms with van der Waals surface area (Å²) in [5.74, 6) is 0.453. The van der Waals surface area contributed by atoms with Gasteiger partial charge in [-0.2, -0.15) is 0 Å². The Morgan fingerprint density at radius 3 is 2.87 bits per heavy atom. The van der Waals surface area contributed by atoms with Crippen molar-refractivity contribution in [2.24, 2.45) is 0 Å². The number of phenols is 1. The Bertz CT molecular complexity index is 690. The number of hydrogen-bond donors (Lipinski definition) is 2. The molecule has 2 aromatic rings. The SMILES string of the molecule is Cc1ccc(C(=O)N[C@H]2CCCN(c3ncccn3)C2)c(O)c1. The number of amides is 1. The summed E-state index contributed by atoms with van der Waals surface area (Å²) in [5.41, 5.74) is 1.23. The van der Waals surface area contributed by atoms with Crippen molar-refractivity contribution in [1.82, 2.24) is 15.3 Å². The molecule has 1 aliphatic rings. The van der Waals surface area contributed by atoms with Crippen molar-refractivity contribution in [2.45, 2.75) is 25.8 Å². The lowest BCUT2D eigenvalue weighted by Crippen LogP contribution is -2.48. The summed E-state index contributed by atoms with van der Waals surface area (Å²) in [6, 6.07) is 6.87. The monoisotopic (exact) mass is 312 g/mol. The zero-order valence-electron chi connectivity index (χ0n) is 13.1. The molecule has 3 rings (SSSR count).